The summed E-state index contributed by atoms with van der Waals surface area (Å²) in [6.45, 7) is 5.04. The van der Waals surface area contributed by atoms with Crippen LogP contribution in [0.1, 0.15) is 31.1 Å². The van der Waals surface area contributed by atoms with Crippen molar-refractivity contribution in [3.05, 3.63) is 22.7 Å². The zero-order chi connectivity index (χ0) is 16.2. The van der Waals surface area contributed by atoms with Gasteiger partial charge in [-0.2, -0.15) is 0 Å². The molecular formula is C14H18ClNO5. The van der Waals surface area contributed by atoms with E-state index in [1.807, 2.05) is 0 Å². The Hall–Kier alpha value is -1.95. The minimum Gasteiger partial charge on any atom is -0.503 e. The molecule has 0 bridgehead atoms. The van der Waals surface area contributed by atoms with Gasteiger partial charge in [-0.25, -0.2) is 0 Å². The molecule has 0 saturated carbocycles. The smallest absolute Gasteiger partial charge is 0.323 e. The number of carboxylic acids is 1. The molecule has 0 radical (unpaired) electrons. The third-order valence-corrected chi connectivity index (χ3v) is 3.05. The molecule has 21 heavy (non-hydrogen) atoms. The molecule has 1 aromatic carbocycles. The molecule has 0 atom stereocenters. The number of benzene rings is 1. The predicted octanol–water partition coefficient (Wildman–Crippen LogP) is 2.38. The lowest BCUT2D eigenvalue weighted by Gasteiger charge is -2.25. The Labute approximate surface area is 127 Å². The zero-order valence-electron chi connectivity index (χ0n) is 12.1. The summed E-state index contributed by atoms with van der Waals surface area (Å²) in [7, 11) is 0. The van der Waals surface area contributed by atoms with Crippen LogP contribution in [0.2, 0.25) is 5.02 Å². The molecule has 1 rings (SSSR count). The third-order valence-electron chi connectivity index (χ3n) is 2.77. The van der Waals surface area contributed by atoms with E-state index >= 15 is 0 Å². The second-order valence-electron chi connectivity index (χ2n) is 4.66. The van der Waals surface area contributed by atoms with Gasteiger partial charge >= 0.3 is 5.97 Å². The van der Waals surface area contributed by atoms with Crippen LogP contribution in [0.3, 0.4) is 0 Å². The first-order valence-corrected chi connectivity index (χ1v) is 6.83. The highest BCUT2D eigenvalue weighted by Gasteiger charge is 2.23. The van der Waals surface area contributed by atoms with Gasteiger partial charge in [0.05, 0.1) is 11.6 Å². The summed E-state index contributed by atoms with van der Waals surface area (Å²) < 4.78 is 5.21. The number of carbonyl (C=O) groups is 2. The van der Waals surface area contributed by atoms with Crippen LogP contribution in [0.5, 0.6) is 11.5 Å². The average molecular weight is 316 g/mol. The summed E-state index contributed by atoms with van der Waals surface area (Å²) in [5.41, 5.74) is 0.163. The highest BCUT2D eigenvalue weighted by Crippen LogP contribution is 2.35. The number of aromatic hydroxyl groups is 1. The second-order valence-corrected chi connectivity index (χ2v) is 5.07. The summed E-state index contributed by atoms with van der Waals surface area (Å²) in [6, 6.07) is 2.35. The molecule has 0 saturated heterocycles. The molecule has 0 aliphatic carbocycles. The quantitative estimate of drug-likeness (QED) is 0.841. The van der Waals surface area contributed by atoms with Gasteiger partial charge < -0.3 is 19.8 Å². The number of hydrogen-bond acceptors (Lipinski definition) is 4. The van der Waals surface area contributed by atoms with Crippen LogP contribution in [0, 0.1) is 0 Å². The first kappa shape index (κ1) is 17.1. The van der Waals surface area contributed by atoms with Crippen LogP contribution < -0.4 is 4.74 Å². The van der Waals surface area contributed by atoms with Crippen molar-refractivity contribution in [2.24, 2.45) is 0 Å². The fourth-order valence-corrected chi connectivity index (χ4v) is 1.97. The highest BCUT2D eigenvalue weighted by atomic mass is 35.5. The number of hydrogen-bond donors (Lipinski definition) is 2. The number of halogens is 1. The Morgan fingerprint density at radius 2 is 2.00 bits per heavy atom. The monoisotopic (exact) mass is 315 g/mol. The van der Waals surface area contributed by atoms with Gasteiger partial charge in [-0.3, -0.25) is 9.59 Å². The van der Waals surface area contributed by atoms with E-state index in [1.54, 1.807) is 20.8 Å². The minimum absolute atomic E-state index is 0.0247. The molecule has 116 valence electrons. The van der Waals surface area contributed by atoms with Gasteiger partial charge in [-0.15, -0.1) is 0 Å². The molecule has 0 spiro atoms. The molecule has 0 aromatic heterocycles. The number of carbonyl (C=O) groups excluding carboxylic acids is 1. The van der Waals surface area contributed by atoms with Gasteiger partial charge in [0, 0.05) is 11.6 Å². The van der Waals surface area contributed by atoms with E-state index in [0.717, 1.165) is 0 Å². The van der Waals surface area contributed by atoms with E-state index in [4.69, 9.17) is 21.4 Å². The molecule has 0 aliphatic rings. The number of phenolic OH excluding ortho intramolecular Hbond substituents is 1. The summed E-state index contributed by atoms with van der Waals surface area (Å²) in [5, 5.41) is 18.6. The van der Waals surface area contributed by atoms with Gasteiger partial charge in [0.2, 0.25) is 0 Å². The van der Waals surface area contributed by atoms with Gasteiger partial charge in [0.25, 0.3) is 5.91 Å². The van der Waals surface area contributed by atoms with E-state index in [2.05, 4.69) is 0 Å². The molecule has 0 unspecified atom stereocenters. The summed E-state index contributed by atoms with van der Waals surface area (Å²) in [6.07, 6.45) is 0. The Balaban J connectivity index is 3.18. The van der Waals surface area contributed by atoms with Crippen molar-refractivity contribution >= 4 is 23.5 Å². The van der Waals surface area contributed by atoms with Crippen molar-refractivity contribution in [3.8, 4) is 11.5 Å². The second kappa shape index (κ2) is 7.17. The van der Waals surface area contributed by atoms with Crippen molar-refractivity contribution in [1.82, 2.24) is 4.90 Å². The van der Waals surface area contributed by atoms with Crippen molar-refractivity contribution in [1.29, 1.82) is 0 Å². The number of phenols is 1. The summed E-state index contributed by atoms with van der Waals surface area (Å²) in [5.74, 6) is -1.75. The maximum Gasteiger partial charge on any atom is 0.323 e. The lowest BCUT2D eigenvalue weighted by Crippen LogP contribution is -2.40. The highest BCUT2D eigenvalue weighted by molar-refractivity contribution is 6.32. The molecule has 6 nitrogen and oxygen atoms in total. The third kappa shape index (κ3) is 4.26. The fourth-order valence-electron chi connectivity index (χ4n) is 1.76. The van der Waals surface area contributed by atoms with E-state index in [0.29, 0.717) is 6.61 Å². The van der Waals surface area contributed by atoms with Crippen molar-refractivity contribution in [3.63, 3.8) is 0 Å². The van der Waals surface area contributed by atoms with Crippen LogP contribution in [0.15, 0.2) is 12.1 Å². The first-order valence-electron chi connectivity index (χ1n) is 6.46. The van der Waals surface area contributed by atoms with E-state index < -0.39 is 18.4 Å². The largest absolute Gasteiger partial charge is 0.503 e. The van der Waals surface area contributed by atoms with Crippen LogP contribution in [-0.4, -0.2) is 46.2 Å². The topological polar surface area (TPSA) is 87.1 Å². The molecule has 1 amide bonds. The molecule has 7 heteroatoms. The van der Waals surface area contributed by atoms with Gasteiger partial charge in [0.1, 0.15) is 6.54 Å². The minimum atomic E-state index is -1.10. The molecule has 2 N–H and O–H groups in total. The van der Waals surface area contributed by atoms with Crippen molar-refractivity contribution in [2.75, 3.05) is 13.2 Å². The van der Waals surface area contributed by atoms with E-state index in [9.17, 15) is 14.7 Å². The van der Waals surface area contributed by atoms with E-state index in [1.165, 1.54) is 17.0 Å². The predicted molar refractivity (Wildman–Crippen MR) is 78.1 cm³/mol. The zero-order valence-corrected chi connectivity index (χ0v) is 12.8. The molecule has 0 fully saturated rings. The van der Waals surface area contributed by atoms with Crippen molar-refractivity contribution in [2.45, 2.75) is 26.8 Å². The number of carboxylic acid groups (broad SMARTS) is 1. The SMILES string of the molecule is CCOc1cc(C(=O)N(CC(=O)O)C(C)C)cc(Cl)c1O. The summed E-state index contributed by atoms with van der Waals surface area (Å²) in [4.78, 5) is 24.5. The van der Waals surface area contributed by atoms with Gasteiger partial charge in [-0.05, 0) is 32.9 Å². The number of rotatable bonds is 6. The van der Waals surface area contributed by atoms with Crippen LogP contribution in [0.25, 0.3) is 0 Å². The van der Waals surface area contributed by atoms with Crippen LogP contribution >= 0.6 is 11.6 Å². The lowest BCUT2D eigenvalue weighted by atomic mass is 10.1. The Bertz CT molecular complexity index is 544. The first-order chi connectivity index (χ1) is 9.77. The van der Waals surface area contributed by atoms with E-state index in [-0.39, 0.29) is 28.1 Å². The van der Waals surface area contributed by atoms with Crippen LogP contribution in [-0.2, 0) is 4.79 Å². The van der Waals surface area contributed by atoms with Gasteiger partial charge in [0.15, 0.2) is 11.5 Å². The number of ether oxygens (including phenoxy) is 1. The molecule has 0 aliphatic heterocycles. The number of amides is 1. The molecular weight excluding hydrogens is 298 g/mol. The molecule has 0 heterocycles. The lowest BCUT2D eigenvalue weighted by molar-refractivity contribution is -0.138. The normalized spacial score (nSPS) is 10.5. The Morgan fingerprint density at radius 1 is 1.38 bits per heavy atom. The Kier molecular flexibility index (Phi) is 5.84. The van der Waals surface area contributed by atoms with Crippen LogP contribution in [0.4, 0.5) is 0 Å². The standard InChI is InChI=1S/C14H18ClNO5/c1-4-21-11-6-9(5-10(15)13(11)19)14(20)16(8(2)3)7-12(17)18/h5-6,8,19H,4,7H2,1-3H3,(H,17,18). The number of nitrogens with zero attached hydrogens (tertiary/aromatic N) is 1. The maximum atomic E-state index is 12.4. The number of aliphatic carboxylic acids is 1. The Morgan fingerprint density at radius 3 is 2.48 bits per heavy atom. The average Bonchev–Trinajstić information content (AvgIpc) is 2.40. The molecule has 1 aromatic rings. The van der Waals surface area contributed by atoms with Gasteiger partial charge in [-0.1, -0.05) is 11.6 Å². The van der Waals surface area contributed by atoms with Crippen molar-refractivity contribution < 1.29 is 24.5 Å². The summed E-state index contributed by atoms with van der Waals surface area (Å²) >= 11 is 5.87. The maximum absolute atomic E-state index is 12.4. The fraction of sp³-hybridized carbons (Fsp3) is 0.429.